The van der Waals surface area contributed by atoms with Gasteiger partial charge in [-0.25, -0.2) is 4.98 Å². The van der Waals surface area contributed by atoms with E-state index in [2.05, 4.69) is 27.4 Å². The summed E-state index contributed by atoms with van der Waals surface area (Å²) in [5, 5.41) is 0. The van der Waals surface area contributed by atoms with Gasteiger partial charge in [-0.2, -0.15) is 0 Å². The first-order chi connectivity index (χ1) is 10.4. The summed E-state index contributed by atoms with van der Waals surface area (Å²) in [6.07, 6.45) is 6.26. The van der Waals surface area contributed by atoms with Crippen LogP contribution < -0.4 is 4.90 Å². The third-order valence-electron chi connectivity index (χ3n) is 4.45. The summed E-state index contributed by atoms with van der Waals surface area (Å²) in [5.41, 5.74) is 1.34. The van der Waals surface area contributed by atoms with Crippen molar-refractivity contribution in [2.24, 2.45) is 5.92 Å². The minimum absolute atomic E-state index is 0.782. The summed E-state index contributed by atoms with van der Waals surface area (Å²) in [5.74, 6) is 1.91. The van der Waals surface area contributed by atoms with Gasteiger partial charge in [-0.1, -0.05) is 12.1 Å². The lowest BCUT2D eigenvalue weighted by atomic mass is 9.99. The lowest BCUT2D eigenvalue weighted by molar-refractivity contribution is 0.0521. The molecule has 0 atom stereocenters. The van der Waals surface area contributed by atoms with Crippen LogP contribution in [0.2, 0.25) is 0 Å². The van der Waals surface area contributed by atoms with Crippen molar-refractivity contribution >= 4 is 5.82 Å². The lowest BCUT2D eigenvalue weighted by Gasteiger charge is -2.29. The molecule has 21 heavy (non-hydrogen) atoms. The van der Waals surface area contributed by atoms with Gasteiger partial charge in [-0.05, 0) is 24.8 Å². The van der Waals surface area contributed by atoms with Gasteiger partial charge in [0, 0.05) is 57.7 Å². The summed E-state index contributed by atoms with van der Waals surface area (Å²) in [6, 6.07) is 4.25. The van der Waals surface area contributed by atoms with Crippen LogP contribution in [0.4, 0.5) is 5.82 Å². The van der Waals surface area contributed by atoms with E-state index in [-0.39, 0.29) is 0 Å². The molecule has 1 aromatic heterocycles. The maximum atomic E-state index is 5.47. The number of ether oxygens (including phenoxy) is 1. The first-order valence-electron chi connectivity index (χ1n) is 7.96. The van der Waals surface area contributed by atoms with Crippen molar-refractivity contribution in [3.05, 3.63) is 36.5 Å². The van der Waals surface area contributed by atoms with Crippen LogP contribution in [0.5, 0.6) is 0 Å². The molecular weight excluding hydrogens is 262 g/mol. The van der Waals surface area contributed by atoms with Gasteiger partial charge in [0.2, 0.25) is 0 Å². The van der Waals surface area contributed by atoms with E-state index in [9.17, 15) is 0 Å². The molecule has 0 aromatic carbocycles. The molecule has 4 heteroatoms. The van der Waals surface area contributed by atoms with Crippen molar-refractivity contribution in [2.45, 2.75) is 19.4 Å². The minimum Gasteiger partial charge on any atom is -0.381 e. The molecule has 3 heterocycles. The summed E-state index contributed by atoms with van der Waals surface area (Å²) in [7, 11) is 0. The van der Waals surface area contributed by atoms with E-state index in [1.165, 1.54) is 24.9 Å². The predicted octanol–water partition coefficient (Wildman–Crippen LogP) is 2.32. The number of nitrogens with zero attached hydrogens (tertiary/aromatic N) is 3. The standard InChI is InChI=1S/C17H25N3O/c1-2-8-20-10-9-19(13-15-5-11-21-12-6-15)14-16-4-3-7-18-17(16)20/h2-4,7,15H,1,5-6,8-14H2. The van der Waals surface area contributed by atoms with Crippen LogP contribution in [0.3, 0.4) is 0 Å². The summed E-state index contributed by atoms with van der Waals surface area (Å²) in [6.45, 7) is 10.9. The Morgan fingerprint density at radius 3 is 3.00 bits per heavy atom. The van der Waals surface area contributed by atoms with Crippen molar-refractivity contribution in [3.8, 4) is 0 Å². The number of aromatic nitrogens is 1. The highest BCUT2D eigenvalue weighted by Crippen LogP contribution is 2.24. The number of hydrogen-bond acceptors (Lipinski definition) is 4. The third-order valence-corrected chi connectivity index (χ3v) is 4.45. The highest BCUT2D eigenvalue weighted by atomic mass is 16.5. The van der Waals surface area contributed by atoms with Gasteiger partial charge < -0.3 is 9.64 Å². The molecular formula is C17H25N3O. The SMILES string of the molecule is C=CCN1CCN(CC2CCOCC2)Cc2cccnc21. The van der Waals surface area contributed by atoms with Crippen molar-refractivity contribution < 1.29 is 4.74 Å². The molecule has 0 saturated carbocycles. The second kappa shape index (κ2) is 7.05. The lowest BCUT2D eigenvalue weighted by Crippen LogP contribution is -2.36. The normalized spacial score (nSPS) is 20.9. The number of rotatable bonds is 4. The fourth-order valence-electron chi connectivity index (χ4n) is 3.31. The van der Waals surface area contributed by atoms with E-state index in [1.54, 1.807) is 0 Å². The minimum atomic E-state index is 0.782. The third kappa shape index (κ3) is 3.63. The van der Waals surface area contributed by atoms with Crippen LogP contribution in [0, 0.1) is 5.92 Å². The Kier molecular flexibility index (Phi) is 4.88. The molecule has 4 nitrogen and oxygen atoms in total. The van der Waals surface area contributed by atoms with Gasteiger partial charge in [0.15, 0.2) is 0 Å². The summed E-state index contributed by atoms with van der Waals surface area (Å²) < 4.78 is 5.47. The topological polar surface area (TPSA) is 28.6 Å². The monoisotopic (exact) mass is 287 g/mol. The fraction of sp³-hybridized carbons (Fsp3) is 0.588. The number of anilines is 1. The van der Waals surface area contributed by atoms with E-state index in [1.807, 2.05) is 18.3 Å². The molecule has 1 fully saturated rings. The first-order valence-corrected chi connectivity index (χ1v) is 7.96. The van der Waals surface area contributed by atoms with Crippen LogP contribution in [0.1, 0.15) is 18.4 Å². The second-order valence-corrected chi connectivity index (χ2v) is 6.01. The Morgan fingerprint density at radius 1 is 1.33 bits per heavy atom. The zero-order valence-corrected chi connectivity index (χ0v) is 12.7. The zero-order valence-electron chi connectivity index (χ0n) is 12.7. The van der Waals surface area contributed by atoms with E-state index < -0.39 is 0 Å². The zero-order chi connectivity index (χ0) is 14.5. The second-order valence-electron chi connectivity index (χ2n) is 6.01. The van der Waals surface area contributed by atoms with Gasteiger partial charge in [0.05, 0.1) is 0 Å². The highest BCUT2D eigenvalue weighted by molar-refractivity contribution is 5.48. The number of fused-ring (bicyclic) bond motifs is 1. The quantitative estimate of drug-likeness (QED) is 0.795. The van der Waals surface area contributed by atoms with E-state index in [0.717, 1.165) is 51.1 Å². The van der Waals surface area contributed by atoms with Gasteiger partial charge in [-0.3, -0.25) is 4.90 Å². The van der Waals surface area contributed by atoms with Crippen molar-refractivity contribution in [1.82, 2.24) is 9.88 Å². The first kappa shape index (κ1) is 14.5. The Hall–Kier alpha value is -1.39. The molecule has 1 saturated heterocycles. The van der Waals surface area contributed by atoms with Gasteiger partial charge in [-0.15, -0.1) is 6.58 Å². The Labute approximate surface area is 127 Å². The maximum absolute atomic E-state index is 5.47. The molecule has 0 bridgehead atoms. The molecule has 1 aromatic rings. The van der Waals surface area contributed by atoms with Crippen molar-refractivity contribution in [2.75, 3.05) is 44.3 Å². The van der Waals surface area contributed by atoms with Crippen LogP contribution in [-0.4, -0.2) is 49.3 Å². The van der Waals surface area contributed by atoms with Gasteiger partial charge in [0.25, 0.3) is 0 Å². The average Bonchev–Trinajstić information content (AvgIpc) is 2.69. The largest absolute Gasteiger partial charge is 0.381 e. The number of hydrogen-bond donors (Lipinski definition) is 0. The van der Waals surface area contributed by atoms with Crippen molar-refractivity contribution in [3.63, 3.8) is 0 Å². The van der Waals surface area contributed by atoms with E-state index >= 15 is 0 Å². The van der Waals surface area contributed by atoms with Crippen LogP contribution >= 0.6 is 0 Å². The summed E-state index contributed by atoms with van der Waals surface area (Å²) in [4.78, 5) is 9.51. The van der Waals surface area contributed by atoms with Crippen LogP contribution in [-0.2, 0) is 11.3 Å². The number of pyridine rings is 1. The molecule has 3 rings (SSSR count). The smallest absolute Gasteiger partial charge is 0.133 e. The maximum Gasteiger partial charge on any atom is 0.133 e. The molecule has 0 aliphatic carbocycles. The molecule has 0 spiro atoms. The van der Waals surface area contributed by atoms with Gasteiger partial charge in [0.1, 0.15) is 5.82 Å². The molecule has 0 radical (unpaired) electrons. The molecule has 2 aliphatic rings. The van der Waals surface area contributed by atoms with Crippen molar-refractivity contribution in [1.29, 1.82) is 0 Å². The summed E-state index contributed by atoms with van der Waals surface area (Å²) >= 11 is 0. The van der Waals surface area contributed by atoms with Gasteiger partial charge >= 0.3 is 0 Å². The van der Waals surface area contributed by atoms with Crippen LogP contribution in [0.15, 0.2) is 31.0 Å². The average molecular weight is 287 g/mol. The molecule has 0 unspecified atom stereocenters. The molecule has 0 amide bonds. The van der Waals surface area contributed by atoms with Crippen LogP contribution in [0.25, 0.3) is 0 Å². The van der Waals surface area contributed by atoms with E-state index in [0.29, 0.717) is 0 Å². The Morgan fingerprint density at radius 2 is 2.19 bits per heavy atom. The Bertz CT molecular complexity index is 471. The Balaban J connectivity index is 1.71. The molecule has 0 N–H and O–H groups in total. The predicted molar refractivity (Wildman–Crippen MR) is 85.5 cm³/mol. The highest BCUT2D eigenvalue weighted by Gasteiger charge is 2.23. The molecule has 2 aliphatic heterocycles. The van der Waals surface area contributed by atoms with E-state index in [4.69, 9.17) is 4.74 Å². The molecule has 114 valence electrons. The fourth-order valence-corrected chi connectivity index (χ4v) is 3.31.